The lowest BCUT2D eigenvalue weighted by Gasteiger charge is -2.05. The summed E-state index contributed by atoms with van der Waals surface area (Å²) in [6.45, 7) is 0.545. The van der Waals surface area contributed by atoms with Crippen molar-refractivity contribution in [2.24, 2.45) is 0 Å². The number of sulfone groups is 1. The summed E-state index contributed by atoms with van der Waals surface area (Å²) in [5, 5.41) is 3.14. The molecule has 4 nitrogen and oxygen atoms in total. The lowest BCUT2D eigenvalue weighted by atomic mass is 10.3. The topological polar surface area (TPSA) is 59.3 Å². The molecule has 96 valence electrons. The van der Waals surface area contributed by atoms with Gasteiger partial charge in [0.05, 0.1) is 11.4 Å². The van der Waals surface area contributed by atoms with Gasteiger partial charge >= 0.3 is 0 Å². The Morgan fingerprint density at radius 1 is 1.17 bits per heavy atom. The molecule has 0 unspecified atom stereocenters. The molecule has 0 bridgehead atoms. The Labute approximate surface area is 114 Å². The van der Waals surface area contributed by atoms with E-state index in [2.05, 4.69) is 21.2 Å². The molecule has 0 spiro atoms. The molecular formula is C12H12BrNO3S. The fourth-order valence-corrected chi connectivity index (χ4v) is 2.43. The second-order valence-corrected chi connectivity index (χ2v) is 6.65. The number of hydrogen-bond acceptors (Lipinski definition) is 4. The molecule has 1 heterocycles. The quantitative estimate of drug-likeness (QED) is 0.936. The first-order valence-electron chi connectivity index (χ1n) is 5.23. The molecule has 0 aliphatic carbocycles. The summed E-state index contributed by atoms with van der Waals surface area (Å²) in [5.41, 5.74) is 0.843. The number of anilines is 1. The Balaban J connectivity index is 2.03. The average Bonchev–Trinajstić information content (AvgIpc) is 2.72. The number of halogens is 1. The zero-order valence-electron chi connectivity index (χ0n) is 9.68. The van der Waals surface area contributed by atoms with Gasteiger partial charge in [-0.3, -0.25) is 0 Å². The number of hydrogen-bond donors (Lipinski definition) is 1. The van der Waals surface area contributed by atoms with Crippen LogP contribution >= 0.6 is 15.9 Å². The minimum Gasteiger partial charge on any atom is -0.452 e. The van der Waals surface area contributed by atoms with Gasteiger partial charge in [0.25, 0.3) is 0 Å². The molecule has 0 radical (unpaired) electrons. The summed E-state index contributed by atoms with van der Waals surface area (Å²) < 4.78 is 28.6. The predicted molar refractivity (Wildman–Crippen MR) is 73.3 cm³/mol. The monoisotopic (exact) mass is 329 g/mol. The number of benzene rings is 1. The van der Waals surface area contributed by atoms with Crippen LogP contribution in [0, 0.1) is 0 Å². The van der Waals surface area contributed by atoms with Gasteiger partial charge < -0.3 is 9.73 Å². The molecule has 0 fully saturated rings. The van der Waals surface area contributed by atoms with Gasteiger partial charge in [-0.05, 0) is 52.3 Å². The van der Waals surface area contributed by atoms with E-state index < -0.39 is 9.84 Å². The van der Waals surface area contributed by atoms with Crippen LogP contribution in [0.15, 0.2) is 50.4 Å². The Hall–Kier alpha value is -1.27. The van der Waals surface area contributed by atoms with E-state index in [1.54, 1.807) is 24.3 Å². The van der Waals surface area contributed by atoms with Crippen molar-refractivity contribution >= 4 is 31.5 Å². The first-order valence-corrected chi connectivity index (χ1v) is 7.92. The van der Waals surface area contributed by atoms with Crippen LogP contribution in [-0.4, -0.2) is 14.7 Å². The van der Waals surface area contributed by atoms with E-state index in [4.69, 9.17) is 4.42 Å². The van der Waals surface area contributed by atoms with E-state index in [0.29, 0.717) is 16.1 Å². The van der Waals surface area contributed by atoms with Crippen LogP contribution in [0.5, 0.6) is 0 Å². The van der Waals surface area contributed by atoms with E-state index >= 15 is 0 Å². The standard InChI is InChI=1S/C12H12BrNO3S/c1-18(15,16)11-5-2-9(3-6-11)14-8-10-4-7-12(13)17-10/h2-7,14H,8H2,1H3. The largest absolute Gasteiger partial charge is 0.452 e. The highest BCUT2D eigenvalue weighted by Gasteiger charge is 2.06. The van der Waals surface area contributed by atoms with Gasteiger partial charge in [0, 0.05) is 11.9 Å². The molecule has 0 aliphatic heterocycles. The zero-order valence-corrected chi connectivity index (χ0v) is 12.1. The molecule has 1 N–H and O–H groups in total. The fourth-order valence-electron chi connectivity index (χ4n) is 1.46. The van der Waals surface area contributed by atoms with E-state index in [1.165, 1.54) is 6.26 Å². The molecule has 0 atom stereocenters. The van der Waals surface area contributed by atoms with Crippen molar-refractivity contribution in [2.45, 2.75) is 11.4 Å². The molecule has 2 rings (SSSR count). The van der Waals surface area contributed by atoms with E-state index in [0.717, 1.165) is 11.4 Å². The summed E-state index contributed by atoms with van der Waals surface area (Å²) in [7, 11) is -3.14. The predicted octanol–water partition coefficient (Wildman–Crippen LogP) is 3.06. The smallest absolute Gasteiger partial charge is 0.175 e. The SMILES string of the molecule is CS(=O)(=O)c1ccc(NCc2ccc(Br)o2)cc1. The first kappa shape index (κ1) is 13.2. The lowest BCUT2D eigenvalue weighted by Crippen LogP contribution is -2.00. The van der Waals surface area contributed by atoms with Gasteiger partial charge in [0.15, 0.2) is 14.5 Å². The highest BCUT2D eigenvalue weighted by Crippen LogP contribution is 2.17. The third-order valence-electron chi connectivity index (χ3n) is 2.38. The van der Waals surface area contributed by atoms with Gasteiger partial charge in [-0.2, -0.15) is 0 Å². The van der Waals surface area contributed by atoms with Crippen LogP contribution in [-0.2, 0) is 16.4 Å². The van der Waals surface area contributed by atoms with E-state index in [1.807, 2.05) is 12.1 Å². The van der Waals surface area contributed by atoms with Crippen molar-refractivity contribution in [1.29, 1.82) is 0 Å². The van der Waals surface area contributed by atoms with Crippen molar-refractivity contribution in [1.82, 2.24) is 0 Å². The van der Waals surface area contributed by atoms with E-state index in [-0.39, 0.29) is 0 Å². The molecule has 2 aromatic rings. The van der Waals surface area contributed by atoms with Crippen LogP contribution < -0.4 is 5.32 Å². The highest BCUT2D eigenvalue weighted by atomic mass is 79.9. The lowest BCUT2D eigenvalue weighted by molar-refractivity contribution is 0.495. The van der Waals surface area contributed by atoms with Crippen LogP contribution in [0.25, 0.3) is 0 Å². The van der Waals surface area contributed by atoms with Gasteiger partial charge in [0.1, 0.15) is 5.76 Å². The molecule has 1 aromatic carbocycles. The van der Waals surface area contributed by atoms with Crippen molar-refractivity contribution in [3.05, 3.63) is 46.8 Å². The van der Waals surface area contributed by atoms with Crippen molar-refractivity contribution < 1.29 is 12.8 Å². The molecule has 6 heteroatoms. The number of furan rings is 1. The summed E-state index contributed by atoms with van der Waals surface area (Å²) in [5.74, 6) is 0.800. The Morgan fingerprint density at radius 2 is 1.83 bits per heavy atom. The second-order valence-electron chi connectivity index (χ2n) is 3.86. The van der Waals surface area contributed by atoms with Crippen LogP contribution in [0.2, 0.25) is 0 Å². The highest BCUT2D eigenvalue weighted by molar-refractivity contribution is 9.10. The maximum Gasteiger partial charge on any atom is 0.175 e. The third-order valence-corrected chi connectivity index (χ3v) is 3.93. The van der Waals surface area contributed by atoms with Crippen molar-refractivity contribution in [3.8, 4) is 0 Å². The average molecular weight is 330 g/mol. The van der Waals surface area contributed by atoms with Gasteiger partial charge in [0.2, 0.25) is 0 Å². The minimum absolute atomic E-state index is 0.314. The van der Waals surface area contributed by atoms with Crippen molar-refractivity contribution in [2.75, 3.05) is 11.6 Å². The second kappa shape index (κ2) is 5.16. The Kier molecular flexibility index (Phi) is 3.77. The summed E-state index contributed by atoms with van der Waals surface area (Å²) in [4.78, 5) is 0.314. The van der Waals surface area contributed by atoms with Crippen LogP contribution in [0.3, 0.4) is 0 Å². The minimum atomic E-state index is -3.14. The Morgan fingerprint density at radius 3 is 2.33 bits per heavy atom. The summed E-state index contributed by atoms with van der Waals surface area (Å²) >= 11 is 3.23. The maximum absolute atomic E-state index is 11.3. The van der Waals surface area contributed by atoms with Crippen LogP contribution in [0.1, 0.15) is 5.76 Å². The van der Waals surface area contributed by atoms with Gasteiger partial charge in [-0.1, -0.05) is 0 Å². The fraction of sp³-hybridized carbons (Fsp3) is 0.167. The zero-order chi connectivity index (χ0) is 13.2. The first-order chi connectivity index (χ1) is 8.45. The molecule has 0 saturated carbocycles. The molecule has 18 heavy (non-hydrogen) atoms. The molecule has 0 aliphatic rings. The van der Waals surface area contributed by atoms with Gasteiger partial charge in [-0.15, -0.1) is 0 Å². The normalized spacial score (nSPS) is 11.4. The maximum atomic E-state index is 11.3. The number of nitrogens with one attached hydrogen (secondary N) is 1. The Bertz CT molecular complexity index is 632. The molecule has 0 amide bonds. The number of rotatable bonds is 4. The van der Waals surface area contributed by atoms with Gasteiger partial charge in [-0.25, -0.2) is 8.42 Å². The van der Waals surface area contributed by atoms with E-state index in [9.17, 15) is 8.42 Å². The van der Waals surface area contributed by atoms with Crippen molar-refractivity contribution in [3.63, 3.8) is 0 Å². The third kappa shape index (κ3) is 3.36. The molecular weight excluding hydrogens is 318 g/mol. The molecule has 0 saturated heterocycles. The summed E-state index contributed by atoms with van der Waals surface area (Å²) in [6, 6.07) is 10.3. The summed E-state index contributed by atoms with van der Waals surface area (Å²) in [6.07, 6.45) is 1.19. The van der Waals surface area contributed by atoms with Crippen LogP contribution in [0.4, 0.5) is 5.69 Å². The molecule has 1 aromatic heterocycles.